The Morgan fingerprint density at radius 3 is 2.72 bits per heavy atom. The van der Waals surface area contributed by atoms with Gasteiger partial charge in [-0.25, -0.2) is 8.42 Å². The van der Waals surface area contributed by atoms with E-state index in [9.17, 15) is 13.2 Å². The lowest BCUT2D eigenvalue weighted by molar-refractivity contribution is -0.139. The fraction of sp³-hybridized carbons (Fsp3) is 0.909. The van der Waals surface area contributed by atoms with Crippen molar-refractivity contribution in [3.63, 3.8) is 0 Å². The van der Waals surface area contributed by atoms with E-state index in [1.807, 2.05) is 0 Å². The molecule has 18 heavy (non-hydrogen) atoms. The minimum atomic E-state index is -3.70. The molecule has 0 aromatic heterocycles. The largest absolute Gasteiger partial charge is 0.468 e. The number of methoxy groups -OCH3 is 1. The number of ether oxygens (including phenoxy) is 1. The number of carbonyl (C=O) groups is 1. The van der Waals surface area contributed by atoms with Gasteiger partial charge in [-0.1, -0.05) is 6.42 Å². The van der Waals surface area contributed by atoms with Gasteiger partial charge in [-0.05, 0) is 26.2 Å². The van der Waals surface area contributed by atoms with Gasteiger partial charge in [-0.3, -0.25) is 4.79 Å². The molecule has 1 aliphatic rings. The molecule has 0 aromatic rings. The van der Waals surface area contributed by atoms with Crippen LogP contribution in [0.5, 0.6) is 0 Å². The first-order valence-corrected chi connectivity index (χ1v) is 7.64. The maximum absolute atomic E-state index is 12.3. The van der Waals surface area contributed by atoms with Crippen molar-refractivity contribution in [3.8, 4) is 0 Å². The average Bonchev–Trinajstić information content (AvgIpc) is 2.37. The molecule has 1 saturated heterocycles. The molecule has 0 aromatic carbocycles. The van der Waals surface area contributed by atoms with Crippen molar-refractivity contribution in [2.24, 2.45) is 0 Å². The highest BCUT2D eigenvalue weighted by molar-refractivity contribution is 7.90. The molecule has 6 nitrogen and oxygen atoms in total. The molecule has 0 bridgehead atoms. The molecule has 1 fully saturated rings. The summed E-state index contributed by atoms with van der Waals surface area (Å²) >= 11 is 0. The number of aliphatic hydroxyl groups is 1. The lowest BCUT2D eigenvalue weighted by Gasteiger charge is -2.35. The van der Waals surface area contributed by atoms with Crippen LogP contribution in [0.25, 0.3) is 0 Å². The van der Waals surface area contributed by atoms with Gasteiger partial charge >= 0.3 is 5.97 Å². The molecule has 2 atom stereocenters. The van der Waals surface area contributed by atoms with Crippen molar-refractivity contribution < 1.29 is 23.1 Å². The average molecular weight is 279 g/mol. The summed E-state index contributed by atoms with van der Waals surface area (Å²) in [5.74, 6) is -0.747. The minimum absolute atomic E-state index is 0.0523. The summed E-state index contributed by atoms with van der Waals surface area (Å²) in [4.78, 5) is 11.4. The first kappa shape index (κ1) is 15.4. The van der Waals surface area contributed by atoms with E-state index in [-0.39, 0.29) is 12.6 Å². The van der Waals surface area contributed by atoms with E-state index in [1.54, 1.807) is 0 Å². The van der Waals surface area contributed by atoms with Crippen molar-refractivity contribution in [3.05, 3.63) is 0 Å². The van der Waals surface area contributed by atoms with Crippen LogP contribution in [-0.4, -0.2) is 55.4 Å². The van der Waals surface area contributed by atoms with Crippen LogP contribution in [0.3, 0.4) is 0 Å². The Morgan fingerprint density at radius 1 is 1.50 bits per heavy atom. The van der Waals surface area contributed by atoms with E-state index in [0.29, 0.717) is 13.0 Å². The number of sulfonamides is 1. The van der Waals surface area contributed by atoms with Gasteiger partial charge in [0.25, 0.3) is 0 Å². The van der Waals surface area contributed by atoms with E-state index in [1.165, 1.54) is 18.3 Å². The fourth-order valence-electron chi connectivity index (χ4n) is 2.24. The number of carbonyl (C=O) groups excluding carboxylic acids is 1. The number of piperidine rings is 1. The Bertz CT molecular complexity index is 379. The number of nitrogens with zero attached hydrogens (tertiary/aromatic N) is 1. The SMILES string of the molecule is COC(=O)C(C)S(=O)(=O)N1CCCCC1CCO. The van der Waals surface area contributed by atoms with Gasteiger partial charge in [0.15, 0.2) is 5.25 Å². The van der Waals surface area contributed by atoms with Crippen molar-refractivity contribution >= 4 is 16.0 Å². The van der Waals surface area contributed by atoms with Gasteiger partial charge < -0.3 is 9.84 Å². The highest BCUT2D eigenvalue weighted by Crippen LogP contribution is 2.25. The van der Waals surface area contributed by atoms with Gasteiger partial charge in [0.1, 0.15) is 0 Å². The monoisotopic (exact) mass is 279 g/mol. The Morgan fingerprint density at radius 2 is 2.17 bits per heavy atom. The molecule has 0 radical (unpaired) electrons. The molecule has 1 aliphatic heterocycles. The predicted molar refractivity (Wildman–Crippen MR) is 66.4 cm³/mol. The molecule has 2 unspecified atom stereocenters. The maximum atomic E-state index is 12.3. The third-order valence-corrected chi connectivity index (χ3v) is 5.56. The first-order valence-electron chi connectivity index (χ1n) is 6.14. The molecule has 1 rings (SSSR count). The lowest BCUT2D eigenvalue weighted by atomic mass is 10.0. The predicted octanol–water partition coefficient (Wildman–Crippen LogP) is 0.115. The molecule has 0 amide bonds. The number of hydrogen-bond acceptors (Lipinski definition) is 5. The molecule has 0 spiro atoms. The van der Waals surface area contributed by atoms with Gasteiger partial charge in [-0.15, -0.1) is 0 Å². The standard InChI is InChI=1S/C11H21NO5S/c1-9(11(14)17-2)18(15,16)12-7-4-3-5-10(12)6-8-13/h9-10,13H,3-8H2,1-2H3. The summed E-state index contributed by atoms with van der Waals surface area (Å²) in [6.45, 7) is 1.70. The van der Waals surface area contributed by atoms with Crippen LogP contribution in [0.15, 0.2) is 0 Å². The van der Waals surface area contributed by atoms with Crippen molar-refractivity contribution in [1.29, 1.82) is 0 Å². The molecule has 1 N–H and O–H groups in total. The summed E-state index contributed by atoms with van der Waals surface area (Å²) in [6, 6.07) is -0.208. The third-order valence-electron chi connectivity index (χ3n) is 3.34. The van der Waals surface area contributed by atoms with Crippen LogP contribution in [0.2, 0.25) is 0 Å². The second-order valence-corrected chi connectivity index (χ2v) is 6.69. The Labute approximate surface area is 108 Å². The quantitative estimate of drug-likeness (QED) is 0.722. The molecule has 1 heterocycles. The molecule has 7 heteroatoms. The van der Waals surface area contributed by atoms with Crippen LogP contribution in [0.1, 0.15) is 32.6 Å². The molecular weight excluding hydrogens is 258 g/mol. The summed E-state index contributed by atoms with van der Waals surface area (Å²) in [5.41, 5.74) is 0. The summed E-state index contributed by atoms with van der Waals surface area (Å²) in [7, 11) is -2.52. The van der Waals surface area contributed by atoms with Gasteiger partial charge in [0.05, 0.1) is 7.11 Å². The zero-order valence-electron chi connectivity index (χ0n) is 10.8. The Hall–Kier alpha value is -0.660. The van der Waals surface area contributed by atoms with Crippen LogP contribution in [0.4, 0.5) is 0 Å². The molecule has 0 saturated carbocycles. The van der Waals surface area contributed by atoms with E-state index in [4.69, 9.17) is 5.11 Å². The van der Waals surface area contributed by atoms with Crippen LogP contribution in [0, 0.1) is 0 Å². The van der Waals surface area contributed by atoms with E-state index < -0.39 is 21.2 Å². The number of aliphatic hydroxyl groups excluding tert-OH is 1. The number of esters is 1. The minimum Gasteiger partial charge on any atom is -0.468 e. The first-order chi connectivity index (χ1) is 8.45. The topological polar surface area (TPSA) is 83.9 Å². The van der Waals surface area contributed by atoms with Gasteiger partial charge in [0.2, 0.25) is 10.0 Å². The summed E-state index contributed by atoms with van der Waals surface area (Å²) in [5, 5.41) is 7.79. The van der Waals surface area contributed by atoms with Crippen molar-refractivity contribution in [2.75, 3.05) is 20.3 Å². The maximum Gasteiger partial charge on any atom is 0.325 e. The molecular formula is C11H21NO5S. The highest BCUT2D eigenvalue weighted by atomic mass is 32.2. The zero-order chi connectivity index (χ0) is 13.8. The van der Waals surface area contributed by atoms with Gasteiger partial charge in [-0.2, -0.15) is 4.31 Å². The second kappa shape index (κ2) is 6.49. The van der Waals surface area contributed by atoms with Crippen LogP contribution >= 0.6 is 0 Å². The lowest BCUT2D eigenvalue weighted by Crippen LogP contribution is -2.49. The molecule has 106 valence electrons. The van der Waals surface area contributed by atoms with Crippen molar-refractivity contribution in [2.45, 2.75) is 43.9 Å². The number of hydrogen-bond donors (Lipinski definition) is 1. The highest BCUT2D eigenvalue weighted by Gasteiger charge is 2.39. The molecule has 0 aliphatic carbocycles. The van der Waals surface area contributed by atoms with E-state index in [0.717, 1.165) is 19.3 Å². The fourth-order valence-corrected chi connectivity index (χ4v) is 3.99. The zero-order valence-corrected chi connectivity index (χ0v) is 11.6. The van der Waals surface area contributed by atoms with E-state index in [2.05, 4.69) is 4.74 Å². The number of rotatable bonds is 5. The van der Waals surface area contributed by atoms with Crippen molar-refractivity contribution in [1.82, 2.24) is 4.31 Å². The van der Waals surface area contributed by atoms with Crippen LogP contribution < -0.4 is 0 Å². The smallest absolute Gasteiger partial charge is 0.325 e. The normalized spacial score (nSPS) is 23.6. The summed E-state index contributed by atoms with van der Waals surface area (Å²) in [6.07, 6.45) is 2.87. The Balaban J connectivity index is 2.90. The second-order valence-electron chi connectivity index (χ2n) is 4.48. The summed E-state index contributed by atoms with van der Waals surface area (Å²) < 4.78 is 30.5. The van der Waals surface area contributed by atoms with Crippen LogP contribution in [-0.2, 0) is 19.6 Å². The van der Waals surface area contributed by atoms with E-state index >= 15 is 0 Å². The van der Waals surface area contributed by atoms with Gasteiger partial charge in [0, 0.05) is 19.2 Å². The third kappa shape index (κ3) is 3.21. The Kier molecular flexibility index (Phi) is 5.55.